The quantitative estimate of drug-likeness (QED) is 0.476. The number of ketones is 1. The van der Waals surface area contributed by atoms with Gasteiger partial charge in [0.15, 0.2) is 16.7 Å². The van der Waals surface area contributed by atoms with Crippen LogP contribution in [0.4, 0.5) is 9.52 Å². The maximum atomic E-state index is 13.8. The van der Waals surface area contributed by atoms with E-state index in [2.05, 4.69) is 6.92 Å². The molecule has 6 rings (SSSR count). The second-order valence-corrected chi connectivity index (χ2v) is 10.5. The lowest BCUT2D eigenvalue weighted by atomic mass is 9.74. The maximum Gasteiger partial charge on any atom is 0.296 e. The number of rotatable bonds is 4. The number of carbonyl (C=O) groups is 2. The predicted octanol–water partition coefficient (Wildman–Crippen LogP) is 5.58. The second-order valence-electron chi connectivity index (χ2n) is 9.48. The van der Waals surface area contributed by atoms with Gasteiger partial charge in [0.25, 0.3) is 5.91 Å². The Kier molecular flexibility index (Phi) is 5.36. The van der Waals surface area contributed by atoms with Gasteiger partial charge in [-0.25, -0.2) is 9.37 Å². The van der Waals surface area contributed by atoms with Crippen LogP contribution >= 0.6 is 11.3 Å². The maximum absolute atomic E-state index is 13.8. The van der Waals surface area contributed by atoms with E-state index in [1.165, 1.54) is 23.5 Å². The molecule has 0 bridgehead atoms. The Bertz CT molecular complexity index is 1370. The van der Waals surface area contributed by atoms with Crippen LogP contribution in [0.1, 0.15) is 44.7 Å². The molecule has 1 aliphatic carbocycles. The number of fused-ring (bicyclic) bond motifs is 2. The molecule has 2 aromatic carbocycles. The molecule has 4 unspecified atom stereocenters. The number of carbonyl (C=O) groups excluding carboxylic acids is 2. The highest BCUT2D eigenvalue weighted by molar-refractivity contribution is 7.22. The van der Waals surface area contributed by atoms with Crippen LogP contribution in [0.3, 0.4) is 0 Å². The topological polar surface area (TPSA) is 68.7 Å². The molecule has 1 aromatic heterocycles. The summed E-state index contributed by atoms with van der Waals surface area (Å²) in [6.45, 7) is 4.62. The lowest BCUT2D eigenvalue weighted by Gasteiger charge is -2.37. The summed E-state index contributed by atoms with van der Waals surface area (Å²) in [6, 6.07) is 10.8. The van der Waals surface area contributed by atoms with Crippen LogP contribution < -0.4 is 9.64 Å². The molecule has 1 fully saturated rings. The molecule has 8 heteroatoms. The van der Waals surface area contributed by atoms with E-state index >= 15 is 0 Å². The number of hydrogen-bond acceptors (Lipinski definition) is 6. The SMILES string of the molecule is CCOc1ccc2nc(N3C(=O)C4=C(C(=O)C5CC(C)CCC5O4)C3c3ccc(F)cc3)sc2c1. The largest absolute Gasteiger partial charge is 0.494 e. The minimum atomic E-state index is -0.712. The van der Waals surface area contributed by atoms with Crippen molar-refractivity contribution in [1.82, 2.24) is 4.98 Å². The number of Topliss-reactive ketones (excluding diaryl/α,β-unsaturated/α-hetero) is 1. The molecule has 0 radical (unpaired) electrons. The van der Waals surface area contributed by atoms with E-state index in [0.29, 0.717) is 28.8 Å². The van der Waals surface area contributed by atoms with Crippen LogP contribution in [0.15, 0.2) is 53.8 Å². The summed E-state index contributed by atoms with van der Waals surface area (Å²) in [6.07, 6.45) is 2.19. The van der Waals surface area contributed by atoms with Gasteiger partial charge in [0.05, 0.1) is 34.4 Å². The van der Waals surface area contributed by atoms with E-state index in [1.54, 1.807) is 17.0 Å². The predicted molar refractivity (Wildman–Crippen MR) is 131 cm³/mol. The van der Waals surface area contributed by atoms with Gasteiger partial charge in [-0.15, -0.1) is 0 Å². The van der Waals surface area contributed by atoms with Gasteiger partial charge in [-0.2, -0.15) is 0 Å². The Morgan fingerprint density at radius 2 is 1.97 bits per heavy atom. The molecular weight excluding hydrogens is 467 g/mol. The van der Waals surface area contributed by atoms with Crippen molar-refractivity contribution < 1.29 is 23.5 Å². The van der Waals surface area contributed by atoms with E-state index in [0.717, 1.165) is 35.2 Å². The van der Waals surface area contributed by atoms with E-state index in [4.69, 9.17) is 14.5 Å². The minimum Gasteiger partial charge on any atom is -0.494 e. The van der Waals surface area contributed by atoms with Gasteiger partial charge in [0, 0.05) is 0 Å². The normalized spacial score (nSPS) is 26.1. The average Bonchev–Trinajstić information content (AvgIpc) is 3.39. The number of amides is 1. The average molecular weight is 493 g/mol. The molecular formula is C27H25FN2O4S. The van der Waals surface area contributed by atoms with Crippen molar-refractivity contribution in [3.8, 4) is 5.75 Å². The zero-order chi connectivity index (χ0) is 24.3. The number of ether oxygens (including phenoxy) is 2. The smallest absolute Gasteiger partial charge is 0.296 e. The minimum absolute atomic E-state index is 0.0345. The van der Waals surface area contributed by atoms with Crippen LogP contribution in [0.2, 0.25) is 0 Å². The van der Waals surface area contributed by atoms with E-state index < -0.39 is 6.04 Å². The monoisotopic (exact) mass is 492 g/mol. The van der Waals surface area contributed by atoms with Crippen LogP contribution in [0, 0.1) is 17.7 Å². The summed E-state index contributed by atoms with van der Waals surface area (Å²) in [5.74, 6) is 0.220. The molecule has 4 atom stereocenters. The molecule has 6 nitrogen and oxygen atoms in total. The fourth-order valence-electron chi connectivity index (χ4n) is 5.49. The summed E-state index contributed by atoms with van der Waals surface area (Å²) in [7, 11) is 0. The first kappa shape index (κ1) is 22.2. The van der Waals surface area contributed by atoms with E-state index in [9.17, 15) is 14.0 Å². The van der Waals surface area contributed by atoms with Gasteiger partial charge >= 0.3 is 0 Å². The summed E-state index contributed by atoms with van der Waals surface area (Å²) in [4.78, 5) is 33.9. The summed E-state index contributed by atoms with van der Waals surface area (Å²) in [5, 5.41) is 0.468. The molecule has 2 aliphatic heterocycles. The molecule has 1 saturated carbocycles. The summed E-state index contributed by atoms with van der Waals surface area (Å²) in [5.41, 5.74) is 1.75. The molecule has 0 N–H and O–H groups in total. The second kappa shape index (κ2) is 8.45. The molecule has 1 amide bonds. The Hall–Kier alpha value is -3.26. The van der Waals surface area contributed by atoms with Crippen molar-refractivity contribution in [2.45, 2.75) is 45.3 Å². The lowest BCUT2D eigenvalue weighted by molar-refractivity contribution is -0.132. The first-order valence-electron chi connectivity index (χ1n) is 12.0. The third-order valence-corrected chi connectivity index (χ3v) is 8.18. The third-order valence-electron chi connectivity index (χ3n) is 7.16. The first-order valence-corrected chi connectivity index (χ1v) is 12.8. The van der Waals surface area contributed by atoms with Gasteiger partial charge in [-0.3, -0.25) is 14.5 Å². The Labute approximate surface area is 206 Å². The number of halogens is 1. The number of hydrogen-bond donors (Lipinski definition) is 0. The van der Waals surface area contributed by atoms with Gasteiger partial charge in [0.1, 0.15) is 17.7 Å². The van der Waals surface area contributed by atoms with Gasteiger partial charge in [0.2, 0.25) is 0 Å². The number of nitrogens with zero attached hydrogens (tertiary/aromatic N) is 2. The standard InChI is InChI=1S/C27H25FN2O4S/c1-3-33-17-9-10-19-21(13-17)35-27(29-19)30-23(15-5-7-16(28)8-6-15)22-24(31)18-12-14(2)4-11-20(18)34-25(22)26(30)32/h5-10,13-14,18,20,23H,3-4,11-12H2,1-2H3. The number of aromatic nitrogens is 1. The number of thiazole rings is 1. The van der Waals surface area contributed by atoms with Crippen LogP contribution in [0.25, 0.3) is 10.2 Å². The van der Waals surface area contributed by atoms with E-state index in [1.807, 2.05) is 25.1 Å². The lowest BCUT2D eigenvalue weighted by Crippen LogP contribution is -2.41. The fourth-order valence-corrected chi connectivity index (χ4v) is 6.51. The van der Waals surface area contributed by atoms with Crippen molar-refractivity contribution in [3.05, 3.63) is 65.2 Å². The number of benzene rings is 2. The van der Waals surface area contributed by atoms with Crippen molar-refractivity contribution in [2.75, 3.05) is 11.5 Å². The molecule has 3 heterocycles. The van der Waals surface area contributed by atoms with Crippen molar-refractivity contribution in [2.24, 2.45) is 11.8 Å². The van der Waals surface area contributed by atoms with Crippen LogP contribution in [-0.4, -0.2) is 29.4 Å². The van der Waals surface area contributed by atoms with Crippen LogP contribution in [-0.2, 0) is 14.3 Å². The molecule has 3 aromatic rings. The summed E-state index contributed by atoms with van der Waals surface area (Å²) < 4.78 is 26.5. The van der Waals surface area contributed by atoms with Gasteiger partial charge in [-0.1, -0.05) is 30.4 Å². The highest BCUT2D eigenvalue weighted by Gasteiger charge is 2.53. The molecule has 35 heavy (non-hydrogen) atoms. The Morgan fingerprint density at radius 1 is 1.17 bits per heavy atom. The Morgan fingerprint density at radius 3 is 2.74 bits per heavy atom. The van der Waals surface area contributed by atoms with Crippen molar-refractivity contribution >= 4 is 38.4 Å². The molecule has 0 saturated heterocycles. The molecule has 3 aliphatic rings. The van der Waals surface area contributed by atoms with Gasteiger partial charge in [-0.05, 0) is 68.0 Å². The van der Waals surface area contributed by atoms with Crippen molar-refractivity contribution in [1.29, 1.82) is 0 Å². The highest BCUT2D eigenvalue weighted by Crippen LogP contribution is 2.50. The molecule has 180 valence electrons. The molecule has 0 spiro atoms. The van der Waals surface area contributed by atoms with Crippen LogP contribution in [0.5, 0.6) is 5.75 Å². The zero-order valence-corrected chi connectivity index (χ0v) is 20.3. The third kappa shape index (κ3) is 3.62. The van der Waals surface area contributed by atoms with Crippen molar-refractivity contribution in [3.63, 3.8) is 0 Å². The number of anilines is 1. The Balaban J connectivity index is 1.47. The highest BCUT2D eigenvalue weighted by atomic mass is 32.1. The summed E-state index contributed by atoms with van der Waals surface area (Å²) >= 11 is 1.36. The fraction of sp³-hybridized carbons (Fsp3) is 0.370. The zero-order valence-electron chi connectivity index (χ0n) is 19.5. The van der Waals surface area contributed by atoms with Gasteiger partial charge < -0.3 is 9.47 Å². The first-order chi connectivity index (χ1) is 16.9. The van der Waals surface area contributed by atoms with E-state index in [-0.39, 0.29) is 35.3 Å².